The maximum atomic E-state index is 5.05. The van der Waals surface area contributed by atoms with Gasteiger partial charge in [-0.2, -0.15) is 0 Å². The van der Waals surface area contributed by atoms with Crippen molar-refractivity contribution >= 4 is 5.82 Å². The van der Waals surface area contributed by atoms with Crippen LogP contribution in [0.4, 0.5) is 5.82 Å². The van der Waals surface area contributed by atoms with Crippen LogP contribution in [0.2, 0.25) is 0 Å². The van der Waals surface area contributed by atoms with Gasteiger partial charge in [-0.15, -0.1) is 0 Å². The van der Waals surface area contributed by atoms with Crippen LogP contribution in [0.1, 0.15) is 70.2 Å². The number of piperidine rings is 1. The molecule has 3 aliphatic rings. The number of pyridine rings is 1. The molecule has 2 aromatic heterocycles. The number of aromatic amines is 1. The van der Waals surface area contributed by atoms with E-state index in [1.807, 2.05) is 0 Å². The largest absolute Gasteiger partial charge is 0.355 e. The minimum atomic E-state index is 0.669. The molecule has 174 valence electrons. The summed E-state index contributed by atoms with van der Waals surface area (Å²) in [7, 11) is 0. The second kappa shape index (κ2) is 9.52. The predicted molar refractivity (Wildman–Crippen MR) is 131 cm³/mol. The molecule has 1 N–H and O–H groups in total. The topological polar surface area (TPSA) is 51.3 Å². The van der Waals surface area contributed by atoms with Crippen molar-refractivity contribution in [1.82, 2.24) is 24.8 Å². The first kappa shape index (κ1) is 21.9. The van der Waals surface area contributed by atoms with Crippen LogP contribution >= 0.6 is 0 Å². The molecule has 0 amide bonds. The smallest absolute Gasteiger partial charge is 0.156 e. The molecule has 2 aromatic rings. The second-order valence-corrected chi connectivity index (χ2v) is 10.2. The Labute approximate surface area is 193 Å². The van der Waals surface area contributed by atoms with E-state index < -0.39 is 0 Å². The van der Waals surface area contributed by atoms with E-state index >= 15 is 0 Å². The van der Waals surface area contributed by atoms with Gasteiger partial charge in [0.2, 0.25) is 0 Å². The Morgan fingerprint density at radius 1 is 0.969 bits per heavy atom. The summed E-state index contributed by atoms with van der Waals surface area (Å²) in [5.41, 5.74) is 3.55. The van der Waals surface area contributed by atoms with Gasteiger partial charge in [-0.3, -0.25) is 4.90 Å². The highest BCUT2D eigenvalue weighted by Gasteiger charge is 2.30. The Morgan fingerprint density at radius 2 is 1.78 bits per heavy atom. The second-order valence-electron chi connectivity index (χ2n) is 10.2. The highest BCUT2D eigenvalue weighted by Crippen LogP contribution is 2.41. The Hall–Kier alpha value is -1.92. The summed E-state index contributed by atoms with van der Waals surface area (Å²) in [5, 5.41) is 0. The van der Waals surface area contributed by atoms with Gasteiger partial charge in [0, 0.05) is 49.9 Å². The molecule has 5 rings (SSSR count). The summed E-state index contributed by atoms with van der Waals surface area (Å²) in [6.45, 7) is 13.9. The molecule has 6 nitrogen and oxygen atoms in total. The Bertz CT molecular complexity index is 893. The molecule has 0 spiro atoms. The van der Waals surface area contributed by atoms with Gasteiger partial charge in [-0.05, 0) is 77.6 Å². The van der Waals surface area contributed by atoms with Crippen molar-refractivity contribution in [3.63, 3.8) is 0 Å². The van der Waals surface area contributed by atoms with Gasteiger partial charge in [0.05, 0.1) is 5.69 Å². The average Bonchev–Trinajstić information content (AvgIpc) is 3.62. The summed E-state index contributed by atoms with van der Waals surface area (Å²) in [4.78, 5) is 21.4. The maximum Gasteiger partial charge on any atom is 0.156 e. The molecule has 1 aliphatic carbocycles. The molecule has 0 aromatic carbocycles. The molecule has 6 heteroatoms. The van der Waals surface area contributed by atoms with Gasteiger partial charge in [0.1, 0.15) is 11.5 Å². The molecule has 0 unspecified atom stereocenters. The molecule has 4 heterocycles. The van der Waals surface area contributed by atoms with E-state index in [9.17, 15) is 0 Å². The molecule has 2 aliphatic heterocycles. The lowest BCUT2D eigenvalue weighted by Gasteiger charge is -2.39. The fraction of sp³-hybridized carbons (Fsp3) is 0.692. The number of likely N-dealkylation sites (tertiary alicyclic amines) is 1. The standard InChI is InChI=1S/C26H40N6/c1-4-22-25(20-9-10-20)29-26(28-22)23-7-5-8-24(27-23)32-14-6-13-31(17-18-32)21-11-15-30(16-12-21)19(2)3/h5,7-8,19-21H,4,6,9-18H2,1-3H3,(H,28,29). The first-order chi connectivity index (χ1) is 15.6. The van der Waals surface area contributed by atoms with Crippen LogP contribution in [0, 0.1) is 0 Å². The zero-order chi connectivity index (χ0) is 22.1. The molecule has 32 heavy (non-hydrogen) atoms. The highest BCUT2D eigenvalue weighted by atomic mass is 15.3. The van der Waals surface area contributed by atoms with Gasteiger partial charge < -0.3 is 14.8 Å². The number of anilines is 1. The SMILES string of the molecule is CCc1[nH]c(-c2cccc(N3CCCN(C4CCN(C(C)C)CC4)CC3)n2)nc1C1CC1. The Kier molecular flexibility index (Phi) is 6.51. The Balaban J connectivity index is 1.24. The van der Waals surface area contributed by atoms with Crippen molar-refractivity contribution in [2.45, 2.75) is 77.3 Å². The molecule has 0 bridgehead atoms. The number of nitrogens with zero attached hydrogens (tertiary/aromatic N) is 5. The molecular formula is C26H40N6. The number of aryl methyl sites for hydroxylation is 1. The van der Waals surface area contributed by atoms with Crippen LogP contribution in [0.3, 0.4) is 0 Å². The Morgan fingerprint density at radius 3 is 2.50 bits per heavy atom. The summed E-state index contributed by atoms with van der Waals surface area (Å²) in [6.07, 6.45) is 7.41. The quantitative estimate of drug-likeness (QED) is 0.732. The maximum absolute atomic E-state index is 5.05. The fourth-order valence-electron chi connectivity index (χ4n) is 5.54. The van der Waals surface area contributed by atoms with Crippen LogP contribution in [0.25, 0.3) is 11.5 Å². The third-order valence-electron chi connectivity index (χ3n) is 7.71. The van der Waals surface area contributed by atoms with Crippen LogP contribution in [-0.4, -0.2) is 76.1 Å². The van der Waals surface area contributed by atoms with Crippen molar-refractivity contribution in [1.29, 1.82) is 0 Å². The van der Waals surface area contributed by atoms with Gasteiger partial charge >= 0.3 is 0 Å². The van der Waals surface area contributed by atoms with Crippen LogP contribution < -0.4 is 4.90 Å². The molecule has 3 fully saturated rings. The van der Waals surface area contributed by atoms with E-state index in [0.717, 1.165) is 49.4 Å². The summed E-state index contributed by atoms with van der Waals surface area (Å²) >= 11 is 0. The van der Waals surface area contributed by atoms with E-state index in [4.69, 9.17) is 9.97 Å². The number of hydrogen-bond acceptors (Lipinski definition) is 5. The normalized spacial score (nSPS) is 21.9. The first-order valence-electron chi connectivity index (χ1n) is 12.9. The minimum Gasteiger partial charge on any atom is -0.355 e. The predicted octanol–water partition coefficient (Wildman–Crippen LogP) is 4.30. The third-order valence-corrected chi connectivity index (χ3v) is 7.71. The lowest BCUT2D eigenvalue weighted by molar-refractivity contribution is 0.0965. The van der Waals surface area contributed by atoms with E-state index in [0.29, 0.717) is 12.0 Å². The lowest BCUT2D eigenvalue weighted by atomic mass is 10.0. The van der Waals surface area contributed by atoms with E-state index in [1.165, 1.54) is 63.1 Å². The number of aromatic nitrogens is 3. The summed E-state index contributed by atoms with van der Waals surface area (Å²) in [5.74, 6) is 2.71. The summed E-state index contributed by atoms with van der Waals surface area (Å²) in [6, 6.07) is 7.85. The number of H-pyrrole nitrogens is 1. The van der Waals surface area contributed by atoms with Crippen LogP contribution in [-0.2, 0) is 6.42 Å². The lowest BCUT2D eigenvalue weighted by Crippen LogP contribution is -2.47. The van der Waals surface area contributed by atoms with Crippen molar-refractivity contribution in [3.8, 4) is 11.5 Å². The fourth-order valence-corrected chi connectivity index (χ4v) is 5.54. The zero-order valence-corrected chi connectivity index (χ0v) is 20.2. The summed E-state index contributed by atoms with van der Waals surface area (Å²) < 4.78 is 0. The van der Waals surface area contributed by atoms with E-state index in [-0.39, 0.29) is 0 Å². The average molecular weight is 437 g/mol. The highest BCUT2D eigenvalue weighted by molar-refractivity contribution is 5.55. The monoisotopic (exact) mass is 436 g/mol. The minimum absolute atomic E-state index is 0.669. The first-order valence-corrected chi connectivity index (χ1v) is 12.9. The van der Waals surface area contributed by atoms with Gasteiger partial charge in [0.25, 0.3) is 0 Å². The van der Waals surface area contributed by atoms with Gasteiger partial charge in [-0.25, -0.2) is 9.97 Å². The molecule has 0 atom stereocenters. The van der Waals surface area contributed by atoms with Gasteiger partial charge in [-0.1, -0.05) is 13.0 Å². The number of rotatable bonds is 6. The van der Waals surface area contributed by atoms with Crippen molar-refractivity contribution < 1.29 is 0 Å². The van der Waals surface area contributed by atoms with Gasteiger partial charge in [0.15, 0.2) is 5.82 Å². The van der Waals surface area contributed by atoms with E-state index in [1.54, 1.807) is 0 Å². The number of imidazole rings is 1. The molecule has 1 saturated carbocycles. The third kappa shape index (κ3) is 4.72. The molecule has 2 saturated heterocycles. The van der Waals surface area contributed by atoms with Crippen molar-refractivity contribution in [2.24, 2.45) is 0 Å². The van der Waals surface area contributed by atoms with Crippen LogP contribution in [0.15, 0.2) is 18.2 Å². The van der Waals surface area contributed by atoms with Crippen molar-refractivity contribution in [2.75, 3.05) is 44.2 Å². The van der Waals surface area contributed by atoms with Crippen LogP contribution in [0.5, 0.6) is 0 Å². The number of nitrogens with one attached hydrogen (secondary N) is 1. The zero-order valence-electron chi connectivity index (χ0n) is 20.2. The van der Waals surface area contributed by atoms with E-state index in [2.05, 4.69) is 58.7 Å². The molecular weight excluding hydrogens is 396 g/mol. The number of hydrogen-bond donors (Lipinski definition) is 1. The van der Waals surface area contributed by atoms with Crippen molar-refractivity contribution in [3.05, 3.63) is 29.6 Å². The molecule has 0 radical (unpaired) electrons.